The van der Waals surface area contributed by atoms with Crippen LogP contribution in [0.4, 0.5) is 0 Å². The normalized spacial score (nSPS) is 11.1. The second kappa shape index (κ2) is 34.1. The molecule has 0 aromatic rings. The lowest BCUT2D eigenvalue weighted by Gasteiger charge is -2.08. The zero-order chi connectivity index (χ0) is 24.7. The van der Waals surface area contributed by atoms with Crippen molar-refractivity contribution in [3.05, 3.63) is 0 Å². The van der Waals surface area contributed by atoms with Gasteiger partial charge in [-0.15, -0.1) is 0 Å². The molecule has 0 N–H and O–H groups in total. The number of unbranched alkanes of at least 4 members (excludes halogenated alkanes) is 24. The highest BCUT2D eigenvalue weighted by molar-refractivity contribution is 4.51. The molecule has 0 aromatic carbocycles. The van der Waals surface area contributed by atoms with E-state index in [0.717, 1.165) is 0 Å². The summed E-state index contributed by atoms with van der Waals surface area (Å²) in [6.45, 7) is 8.12. The molecule has 33 heavy (non-hydrogen) atoms. The van der Waals surface area contributed by atoms with Crippen molar-refractivity contribution >= 4 is 0 Å². The topological polar surface area (TPSA) is 3.24 Å². The Hall–Kier alpha value is -0.0400. The molecule has 202 valence electrons. The lowest BCUT2D eigenvalue weighted by molar-refractivity contribution is 0.389. The molecule has 0 bridgehead atoms. The minimum Gasteiger partial charge on any atom is -0.309 e. The second-order valence-corrected chi connectivity index (χ2v) is 10.9. The van der Waals surface area contributed by atoms with E-state index in [-0.39, 0.29) is 0 Å². The Balaban J connectivity index is 0. The van der Waals surface area contributed by atoms with Gasteiger partial charge in [0, 0.05) is 0 Å². The number of nitrogens with zero attached hydrogens (tertiary/aromatic N) is 1. The molecular weight excluding hydrogens is 398 g/mol. The highest BCUT2D eigenvalue weighted by Gasteiger charge is 1.95. The molecule has 0 aliphatic carbocycles. The van der Waals surface area contributed by atoms with Crippen LogP contribution in [-0.2, 0) is 0 Å². The van der Waals surface area contributed by atoms with Crippen LogP contribution in [-0.4, -0.2) is 25.5 Å². The largest absolute Gasteiger partial charge is 0.309 e. The molecular formula is C32H69N. The van der Waals surface area contributed by atoms with Gasteiger partial charge in [-0.05, 0) is 27.1 Å². The van der Waals surface area contributed by atoms with Gasteiger partial charge in [0.2, 0.25) is 0 Å². The molecule has 0 heterocycles. The average Bonchev–Trinajstić information content (AvgIpc) is 2.81. The van der Waals surface area contributed by atoms with Gasteiger partial charge in [-0.1, -0.05) is 181 Å². The number of hydrogen-bond acceptors (Lipinski definition) is 1. The van der Waals surface area contributed by atoms with Crippen molar-refractivity contribution < 1.29 is 0 Å². The Morgan fingerprint density at radius 2 is 0.455 bits per heavy atom. The van der Waals surface area contributed by atoms with E-state index in [1.54, 1.807) is 0 Å². The van der Waals surface area contributed by atoms with Crippen LogP contribution in [0.1, 0.15) is 188 Å². The first kappa shape index (κ1) is 35.1. The molecule has 0 radical (unpaired) electrons. The average molecular weight is 468 g/mol. The van der Waals surface area contributed by atoms with Crippen molar-refractivity contribution in [2.24, 2.45) is 0 Å². The van der Waals surface area contributed by atoms with Crippen molar-refractivity contribution in [1.82, 2.24) is 4.90 Å². The number of hydrogen-bond donors (Lipinski definition) is 0. The summed E-state index contributed by atoms with van der Waals surface area (Å²) in [5, 5.41) is 0. The van der Waals surface area contributed by atoms with E-state index in [2.05, 4.69) is 39.8 Å². The molecule has 0 atom stereocenters. The van der Waals surface area contributed by atoms with E-state index in [4.69, 9.17) is 0 Å². The first-order valence-corrected chi connectivity index (χ1v) is 15.8. The van der Waals surface area contributed by atoms with Crippen molar-refractivity contribution in [1.29, 1.82) is 0 Å². The van der Waals surface area contributed by atoms with Gasteiger partial charge in [-0.2, -0.15) is 0 Å². The van der Waals surface area contributed by atoms with Crippen molar-refractivity contribution in [2.75, 3.05) is 20.6 Å². The maximum Gasteiger partial charge on any atom is -0.00248 e. The number of rotatable bonds is 26. The Labute approximate surface area is 213 Å². The van der Waals surface area contributed by atoms with Gasteiger partial charge in [0.05, 0.1) is 0 Å². The minimum absolute atomic E-state index is 1.26. The summed E-state index contributed by atoms with van der Waals surface area (Å²) in [7, 11) is 4.34. The molecule has 1 nitrogen and oxygen atoms in total. The van der Waals surface area contributed by atoms with Crippen molar-refractivity contribution in [3.8, 4) is 0 Å². The van der Waals surface area contributed by atoms with Gasteiger partial charge >= 0.3 is 0 Å². The van der Waals surface area contributed by atoms with Gasteiger partial charge in [0.25, 0.3) is 0 Å². The maximum absolute atomic E-state index is 2.30. The predicted molar refractivity (Wildman–Crippen MR) is 156 cm³/mol. The van der Waals surface area contributed by atoms with Crippen LogP contribution in [0.2, 0.25) is 0 Å². The third kappa shape index (κ3) is 39.5. The van der Waals surface area contributed by atoms with Gasteiger partial charge < -0.3 is 4.90 Å². The first-order chi connectivity index (χ1) is 16.2. The lowest BCUT2D eigenvalue weighted by atomic mass is 10.0. The van der Waals surface area contributed by atoms with E-state index < -0.39 is 0 Å². The molecule has 0 aromatic heterocycles. The van der Waals surface area contributed by atoms with Crippen LogP contribution in [0, 0.1) is 0 Å². The van der Waals surface area contributed by atoms with Crippen LogP contribution in [0.5, 0.6) is 0 Å². The Bertz CT molecular complexity index is 289. The van der Waals surface area contributed by atoms with Gasteiger partial charge in [0.15, 0.2) is 0 Å². The van der Waals surface area contributed by atoms with Crippen LogP contribution < -0.4 is 0 Å². The highest BCUT2D eigenvalue weighted by Crippen LogP contribution is 2.14. The van der Waals surface area contributed by atoms with Crippen LogP contribution in [0.15, 0.2) is 0 Å². The second-order valence-electron chi connectivity index (χ2n) is 10.9. The van der Waals surface area contributed by atoms with Crippen LogP contribution >= 0.6 is 0 Å². The third-order valence-electron chi connectivity index (χ3n) is 6.92. The minimum atomic E-state index is 1.26. The molecule has 0 aliphatic rings. The monoisotopic (exact) mass is 468 g/mol. The summed E-state index contributed by atoms with van der Waals surface area (Å²) in [5.41, 5.74) is 0. The van der Waals surface area contributed by atoms with Crippen molar-refractivity contribution in [2.45, 2.75) is 188 Å². The van der Waals surface area contributed by atoms with Crippen LogP contribution in [0.3, 0.4) is 0 Å². The predicted octanol–water partition coefficient (Wildman–Crippen LogP) is 11.7. The molecule has 0 rings (SSSR count). The molecule has 0 saturated carbocycles. The van der Waals surface area contributed by atoms with E-state index >= 15 is 0 Å². The van der Waals surface area contributed by atoms with E-state index in [9.17, 15) is 0 Å². The summed E-state index contributed by atoms with van der Waals surface area (Å²) >= 11 is 0. The van der Waals surface area contributed by atoms with Gasteiger partial charge in [-0.3, -0.25) is 0 Å². The molecule has 0 fully saturated rings. The highest BCUT2D eigenvalue weighted by atomic mass is 15.0. The molecule has 0 spiro atoms. The SMILES string of the molecule is CCCCCCCCCCCC.CCCCCCCCCCCCCCCCCCN(C)C. The fraction of sp³-hybridized carbons (Fsp3) is 1.00. The standard InChI is InChI=1S/C20H43N.C12H26/c1-4-5-6-7-8-9-10-11-12-13-14-15-16-17-18-19-20-21(2)3;1-3-5-7-9-11-12-10-8-6-4-2/h4-20H2,1-3H3;3-12H2,1-2H3. The maximum atomic E-state index is 2.30. The van der Waals surface area contributed by atoms with Gasteiger partial charge in [0.1, 0.15) is 0 Å². The molecule has 1 heteroatoms. The quantitative estimate of drug-likeness (QED) is 0.114. The first-order valence-electron chi connectivity index (χ1n) is 15.8. The molecule has 0 saturated heterocycles. The zero-order valence-electron chi connectivity index (χ0n) is 24.5. The summed E-state index contributed by atoms with van der Waals surface area (Å²) in [5.74, 6) is 0. The Kier molecular flexibility index (Phi) is 36.3. The summed E-state index contributed by atoms with van der Waals surface area (Å²) in [6, 6.07) is 0. The van der Waals surface area contributed by atoms with E-state index in [1.165, 1.54) is 173 Å². The molecule has 0 amide bonds. The third-order valence-corrected chi connectivity index (χ3v) is 6.92. The summed E-state index contributed by atoms with van der Waals surface area (Å²) in [4.78, 5) is 2.30. The molecule has 0 unspecified atom stereocenters. The lowest BCUT2D eigenvalue weighted by Crippen LogP contribution is -2.12. The molecule has 0 aliphatic heterocycles. The van der Waals surface area contributed by atoms with E-state index in [0.29, 0.717) is 0 Å². The zero-order valence-corrected chi connectivity index (χ0v) is 24.5. The Morgan fingerprint density at radius 3 is 0.636 bits per heavy atom. The van der Waals surface area contributed by atoms with E-state index in [1.807, 2.05) is 0 Å². The van der Waals surface area contributed by atoms with Crippen molar-refractivity contribution in [3.63, 3.8) is 0 Å². The smallest absolute Gasteiger partial charge is 0.00248 e. The van der Waals surface area contributed by atoms with Gasteiger partial charge in [-0.25, -0.2) is 0 Å². The summed E-state index contributed by atoms with van der Waals surface area (Å²) in [6.07, 6.45) is 37.7. The fourth-order valence-electron chi connectivity index (χ4n) is 4.54. The van der Waals surface area contributed by atoms with Crippen LogP contribution in [0.25, 0.3) is 0 Å². The fourth-order valence-corrected chi connectivity index (χ4v) is 4.54. The summed E-state index contributed by atoms with van der Waals surface area (Å²) < 4.78 is 0. The Morgan fingerprint density at radius 1 is 0.273 bits per heavy atom.